The highest BCUT2D eigenvalue weighted by atomic mass is 32.2. The predicted octanol–water partition coefficient (Wildman–Crippen LogP) is 1.52. The van der Waals surface area contributed by atoms with Gasteiger partial charge in [0.1, 0.15) is 16.4 Å². The maximum absolute atomic E-state index is 12.7. The van der Waals surface area contributed by atoms with Crippen molar-refractivity contribution in [1.82, 2.24) is 9.62 Å². The molecule has 0 spiro atoms. The summed E-state index contributed by atoms with van der Waals surface area (Å²) in [4.78, 5) is 0.202. The van der Waals surface area contributed by atoms with Gasteiger partial charge in [-0.15, -0.1) is 6.58 Å². The van der Waals surface area contributed by atoms with Crippen molar-refractivity contribution in [3.8, 4) is 0 Å². The van der Waals surface area contributed by atoms with E-state index in [2.05, 4.69) is 11.9 Å². The van der Waals surface area contributed by atoms with Gasteiger partial charge in [-0.2, -0.15) is 4.31 Å². The Kier molecular flexibility index (Phi) is 7.10. The van der Waals surface area contributed by atoms with E-state index in [0.29, 0.717) is 24.7 Å². The first-order chi connectivity index (χ1) is 9.97. The Balaban J connectivity index is 3.03. The summed E-state index contributed by atoms with van der Waals surface area (Å²) < 4.78 is 37.2. The van der Waals surface area contributed by atoms with Crippen LogP contribution in [0.15, 0.2) is 28.0 Å². The van der Waals surface area contributed by atoms with Crippen molar-refractivity contribution in [3.63, 3.8) is 0 Å². The standard InChI is InChI=1S/C14H24N2O4S/c1-5-7-16(8-9-19-4)21(17,18)14-10-13(11-15-6-2)20-12(14)3/h5,10,15H,1,6-9,11H2,2-4H3. The maximum Gasteiger partial charge on any atom is 0.246 e. The fraction of sp³-hybridized carbons (Fsp3) is 0.571. The lowest BCUT2D eigenvalue weighted by atomic mass is 10.4. The quantitative estimate of drug-likeness (QED) is 0.663. The van der Waals surface area contributed by atoms with Crippen LogP contribution in [0.5, 0.6) is 0 Å². The molecule has 0 saturated heterocycles. The van der Waals surface area contributed by atoms with E-state index in [4.69, 9.17) is 9.15 Å². The van der Waals surface area contributed by atoms with E-state index in [1.165, 1.54) is 11.4 Å². The molecule has 0 saturated carbocycles. The molecule has 0 atom stereocenters. The molecular weight excluding hydrogens is 292 g/mol. The van der Waals surface area contributed by atoms with Gasteiger partial charge in [0.15, 0.2) is 0 Å². The number of aryl methyl sites for hydroxylation is 1. The predicted molar refractivity (Wildman–Crippen MR) is 81.7 cm³/mol. The highest BCUT2D eigenvalue weighted by Gasteiger charge is 2.27. The van der Waals surface area contributed by atoms with Crippen LogP contribution in [-0.4, -0.2) is 46.1 Å². The third-order valence-electron chi connectivity index (χ3n) is 2.97. The molecule has 1 rings (SSSR count). The smallest absolute Gasteiger partial charge is 0.246 e. The Bertz CT molecular complexity index is 551. The normalized spacial score (nSPS) is 12.0. The maximum atomic E-state index is 12.7. The van der Waals surface area contributed by atoms with Gasteiger partial charge in [-0.25, -0.2) is 8.42 Å². The Morgan fingerprint density at radius 2 is 2.24 bits per heavy atom. The molecule has 0 fully saturated rings. The summed E-state index contributed by atoms with van der Waals surface area (Å²) in [6, 6.07) is 1.58. The van der Waals surface area contributed by atoms with E-state index in [1.54, 1.807) is 19.1 Å². The van der Waals surface area contributed by atoms with Crippen LogP contribution in [0.25, 0.3) is 0 Å². The van der Waals surface area contributed by atoms with Gasteiger partial charge >= 0.3 is 0 Å². The first kappa shape index (κ1) is 17.9. The Morgan fingerprint density at radius 1 is 1.52 bits per heavy atom. The van der Waals surface area contributed by atoms with Gasteiger partial charge < -0.3 is 14.5 Å². The van der Waals surface area contributed by atoms with Crippen molar-refractivity contribution in [1.29, 1.82) is 0 Å². The second kappa shape index (κ2) is 8.33. The van der Waals surface area contributed by atoms with E-state index in [1.807, 2.05) is 6.92 Å². The van der Waals surface area contributed by atoms with Gasteiger partial charge in [0.05, 0.1) is 13.2 Å². The molecule has 1 heterocycles. The van der Waals surface area contributed by atoms with Crippen molar-refractivity contribution in [2.45, 2.75) is 25.3 Å². The third-order valence-corrected chi connectivity index (χ3v) is 4.94. The molecule has 1 N–H and O–H groups in total. The summed E-state index contributed by atoms with van der Waals surface area (Å²) in [7, 11) is -2.07. The number of rotatable bonds is 10. The Hall–Kier alpha value is -1.15. The number of methoxy groups -OCH3 is 1. The Morgan fingerprint density at radius 3 is 2.81 bits per heavy atom. The van der Waals surface area contributed by atoms with E-state index in [0.717, 1.165) is 6.54 Å². The van der Waals surface area contributed by atoms with Gasteiger partial charge in [0, 0.05) is 26.3 Å². The first-order valence-corrected chi connectivity index (χ1v) is 8.31. The minimum Gasteiger partial charge on any atom is -0.464 e. The van der Waals surface area contributed by atoms with Crippen LogP contribution in [0.1, 0.15) is 18.4 Å². The molecule has 1 aromatic rings. The number of ether oxygens (including phenoxy) is 1. The SMILES string of the molecule is C=CCN(CCOC)S(=O)(=O)c1cc(CNCC)oc1C. The minimum atomic E-state index is -3.61. The van der Waals surface area contributed by atoms with E-state index < -0.39 is 10.0 Å². The van der Waals surface area contributed by atoms with Gasteiger partial charge in [-0.05, 0) is 13.5 Å². The number of furan rings is 1. The summed E-state index contributed by atoms with van der Waals surface area (Å²) in [5.41, 5.74) is 0. The number of nitrogens with zero attached hydrogens (tertiary/aromatic N) is 1. The van der Waals surface area contributed by atoms with Crippen molar-refractivity contribution in [3.05, 3.63) is 30.2 Å². The highest BCUT2D eigenvalue weighted by molar-refractivity contribution is 7.89. The fourth-order valence-electron chi connectivity index (χ4n) is 1.90. The van der Waals surface area contributed by atoms with Gasteiger partial charge in [-0.3, -0.25) is 0 Å². The molecule has 0 aliphatic heterocycles. The van der Waals surface area contributed by atoms with Crippen LogP contribution in [0, 0.1) is 6.92 Å². The summed E-state index contributed by atoms with van der Waals surface area (Å²) in [5, 5.41) is 3.11. The molecule has 0 unspecified atom stereocenters. The van der Waals surface area contributed by atoms with Crippen LogP contribution in [0.3, 0.4) is 0 Å². The van der Waals surface area contributed by atoms with Crippen LogP contribution in [0.2, 0.25) is 0 Å². The van der Waals surface area contributed by atoms with Gasteiger partial charge in [-0.1, -0.05) is 13.0 Å². The number of sulfonamides is 1. The van der Waals surface area contributed by atoms with Crippen LogP contribution < -0.4 is 5.32 Å². The average Bonchev–Trinajstić information content (AvgIpc) is 2.82. The molecule has 0 aliphatic rings. The van der Waals surface area contributed by atoms with Crippen LogP contribution in [-0.2, 0) is 21.3 Å². The number of hydrogen-bond donors (Lipinski definition) is 1. The van der Waals surface area contributed by atoms with Crippen molar-refractivity contribution < 1.29 is 17.6 Å². The van der Waals surface area contributed by atoms with Crippen molar-refractivity contribution >= 4 is 10.0 Å². The zero-order chi connectivity index (χ0) is 15.9. The topological polar surface area (TPSA) is 71.8 Å². The van der Waals surface area contributed by atoms with Gasteiger partial charge in [0.2, 0.25) is 10.0 Å². The second-order valence-corrected chi connectivity index (χ2v) is 6.46. The zero-order valence-electron chi connectivity index (χ0n) is 12.9. The summed E-state index contributed by atoms with van der Waals surface area (Å²) in [5.74, 6) is 1.01. The summed E-state index contributed by atoms with van der Waals surface area (Å²) >= 11 is 0. The Labute approximate surface area is 126 Å². The average molecular weight is 316 g/mol. The summed E-state index contributed by atoms with van der Waals surface area (Å²) in [6.45, 7) is 9.37. The highest BCUT2D eigenvalue weighted by Crippen LogP contribution is 2.23. The van der Waals surface area contributed by atoms with Crippen LogP contribution >= 0.6 is 0 Å². The van der Waals surface area contributed by atoms with E-state index >= 15 is 0 Å². The molecule has 1 aromatic heterocycles. The van der Waals surface area contributed by atoms with Crippen LogP contribution in [0.4, 0.5) is 0 Å². The number of nitrogens with one attached hydrogen (secondary N) is 1. The summed E-state index contributed by atoms with van der Waals surface area (Å²) in [6.07, 6.45) is 1.56. The molecule has 0 radical (unpaired) electrons. The van der Waals surface area contributed by atoms with E-state index in [-0.39, 0.29) is 18.0 Å². The van der Waals surface area contributed by atoms with Crippen molar-refractivity contribution in [2.24, 2.45) is 0 Å². The largest absolute Gasteiger partial charge is 0.464 e. The molecular formula is C14H24N2O4S. The molecule has 0 aliphatic carbocycles. The molecule has 120 valence electrons. The molecule has 0 aromatic carbocycles. The lowest BCUT2D eigenvalue weighted by Gasteiger charge is -2.19. The molecule has 0 bridgehead atoms. The fourth-order valence-corrected chi connectivity index (χ4v) is 3.48. The molecule has 6 nitrogen and oxygen atoms in total. The lowest BCUT2D eigenvalue weighted by Crippen LogP contribution is -2.34. The molecule has 7 heteroatoms. The van der Waals surface area contributed by atoms with E-state index in [9.17, 15) is 8.42 Å². The minimum absolute atomic E-state index is 0.202. The molecule has 21 heavy (non-hydrogen) atoms. The zero-order valence-corrected chi connectivity index (χ0v) is 13.7. The monoisotopic (exact) mass is 316 g/mol. The van der Waals surface area contributed by atoms with Gasteiger partial charge in [0.25, 0.3) is 0 Å². The second-order valence-electron chi connectivity index (χ2n) is 4.56. The van der Waals surface area contributed by atoms with Crippen molar-refractivity contribution in [2.75, 3.05) is 33.4 Å². The first-order valence-electron chi connectivity index (χ1n) is 6.87. The lowest BCUT2D eigenvalue weighted by molar-refractivity contribution is 0.182. The number of hydrogen-bond acceptors (Lipinski definition) is 5. The molecule has 0 amide bonds. The third kappa shape index (κ3) is 4.67.